The van der Waals surface area contributed by atoms with E-state index in [4.69, 9.17) is 4.74 Å². The highest BCUT2D eigenvalue weighted by atomic mass is 16.5. The van der Waals surface area contributed by atoms with Crippen molar-refractivity contribution in [2.75, 3.05) is 26.7 Å². The van der Waals surface area contributed by atoms with Crippen LogP contribution >= 0.6 is 0 Å². The SMILES string of the molecule is COc1ccc(CN2CCC(CNC(=O)C(C)(C)C)CC2)cc1. The Morgan fingerprint density at radius 2 is 1.83 bits per heavy atom. The highest BCUT2D eigenvalue weighted by molar-refractivity contribution is 5.81. The third-order valence-electron chi connectivity index (χ3n) is 4.50. The van der Waals surface area contributed by atoms with Gasteiger partial charge in [-0.3, -0.25) is 9.69 Å². The average molecular weight is 318 g/mol. The number of carbonyl (C=O) groups excluding carboxylic acids is 1. The molecule has 0 unspecified atom stereocenters. The van der Waals surface area contributed by atoms with Crippen molar-refractivity contribution in [1.29, 1.82) is 0 Å². The molecule has 23 heavy (non-hydrogen) atoms. The fourth-order valence-electron chi connectivity index (χ4n) is 2.84. The van der Waals surface area contributed by atoms with Gasteiger partial charge in [0.15, 0.2) is 0 Å². The number of amides is 1. The smallest absolute Gasteiger partial charge is 0.225 e. The molecule has 1 amide bonds. The summed E-state index contributed by atoms with van der Waals surface area (Å²) in [5.41, 5.74) is 1.03. The van der Waals surface area contributed by atoms with Crippen LogP contribution < -0.4 is 10.1 Å². The first-order valence-corrected chi connectivity index (χ1v) is 8.52. The second-order valence-corrected chi connectivity index (χ2v) is 7.53. The normalized spacial score (nSPS) is 17.0. The van der Waals surface area contributed by atoms with Crippen molar-refractivity contribution in [3.63, 3.8) is 0 Å². The van der Waals surface area contributed by atoms with Crippen LogP contribution in [-0.4, -0.2) is 37.6 Å². The molecule has 0 aromatic heterocycles. The lowest BCUT2D eigenvalue weighted by molar-refractivity contribution is -0.128. The van der Waals surface area contributed by atoms with Gasteiger partial charge in [0.05, 0.1) is 7.11 Å². The molecular weight excluding hydrogens is 288 g/mol. The molecule has 0 radical (unpaired) electrons. The van der Waals surface area contributed by atoms with Gasteiger partial charge in [-0.2, -0.15) is 0 Å². The molecule has 4 nitrogen and oxygen atoms in total. The van der Waals surface area contributed by atoms with Crippen molar-refractivity contribution in [2.24, 2.45) is 11.3 Å². The first kappa shape index (κ1) is 17.8. The summed E-state index contributed by atoms with van der Waals surface area (Å²) in [6, 6.07) is 8.30. The molecule has 128 valence electrons. The van der Waals surface area contributed by atoms with E-state index in [9.17, 15) is 4.79 Å². The molecule has 0 spiro atoms. The lowest BCUT2D eigenvalue weighted by Crippen LogP contribution is -2.41. The molecule has 1 aromatic carbocycles. The van der Waals surface area contributed by atoms with Crippen molar-refractivity contribution >= 4 is 5.91 Å². The fraction of sp³-hybridized carbons (Fsp3) is 0.632. The van der Waals surface area contributed by atoms with E-state index in [0.29, 0.717) is 5.92 Å². The summed E-state index contributed by atoms with van der Waals surface area (Å²) < 4.78 is 5.20. The van der Waals surface area contributed by atoms with Crippen LogP contribution in [0.1, 0.15) is 39.2 Å². The summed E-state index contributed by atoms with van der Waals surface area (Å²) >= 11 is 0. The van der Waals surface area contributed by atoms with Crippen LogP contribution in [0.4, 0.5) is 0 Å². The first-order valence-electron chi connectivity index (χ1n) is 8.52. The second kappa shape index (κ2) is 7.82. The maximum atomic E-state index is 11.9. The number of carbonyl (C=O) groups is 1. The molecule has 0 bridgehead atoms. The quantitative estimate of drug-likeness (QED) is 0.907. The van der Waals surface area contributed by atoms with Gasteiger partial charge in [0.2, 0.25) is 5.91 Å². The zero-order valence-corrected chi connectivity index (χ0v) is 14.9. The van der Waals surface area contributed by atoms with Crippen LogP contribution in [-0.2, 0) is 11.3 Å². The number of ether oxygens (including phenoxy) is 1. The Kier molecular flexibility index (Phi) is 6.05. The summed E-state index contributed by atoms with van der Waals surface area (Å²) in [5.74, 6) is 1.66. The van der Waals surface area contributed by atoms with Gasteiger partial charge < -0.3 is 10.1 Å². The molecule has 1 heterocycles. The van der Waals surface area contributed by atoms with Gasteiger partial charge in [-0.05, 0) is 49.5 Å². The number of piperidine rings is 1. The van der Waals surface area contributed by atoms with Gasteiger partial charge in [0.1, 0.15) is 5.75 Å². The van der Waals surface area contributed by atoms with E-state index in [-0.39, 0.29) is 11.3 Å². The lowest BCUT2D eigenvalue weighted by Gasteiger charge is -2.32. The van der Waals surface area contributed by atoms with Gasteiger partial charge in [-0.25, -0.2) is 0 Å². The molecule has 0 aliphatic carbocycles. The second-order valence-electron chi connectivity index (χ2n) is 7.53. The minimum absolute atomic E-state index is 0.151. The molecule has 2 rings (SSSR count). The van der Waals surface area contributed by atoms with E-state index in [1.165, 1.54) is 5.56 Å². The van der Waals surface area contributed by atoms with Crippen molar-refractivity contribution in [3.05, 3.63) is 29.8 Å². The largest absolute Gasteiger partial charge is 0.497 e. The molecule has 1 fully saturated rings. The van der Waals surface area contributed by atoms with Crippen LogP contribution in [0.3, 0.4) is 0 Å². The van der Waals surface area contributed by atoms with Crippen LogP contribution in [0.15, 0.2) is 24.3 Å². The van der Waals surface area contributed by atoms with E-state index in [0.717, 1.165) is 44.8 Å². The Hall–Kier alpha value is -1.55. The first-order chi connectivity index (χ1) is 10.9. The topological polar surface area (TPSA) is 41.6 Å². The summed E-state index contributed by atoms with van der Waals surface area (Å²) in [4.78, 5) is 14.4. The van der Waals surface area contributed by atoms with E-state index < -0.39 is 0 Å². The molecule has 1 saturated heterocycles. The van der Waals surface area contributed by atoms with Gasteiger partial charge in [-0.1, -0.05) is 32.9 Å². The van der Waals surface area contributed by atoms with E-state index >= 15 is 0 Å². The van der Waals surface area contributed by atoms with Crippen LogP contribution in [0, 0.1) is 11.3 Å². The molecule has 1 aliphatic heterocycles. The molecular formula is C19H30N2O2. The standard InChI is InChI=1S/C19H30N2O2/c1-19(2,3)18(22)20-13-15-9-11-21(12-10-15)14-16-5-7-17(23-4)8-6-16/h5-8,15H,9-14H2,1-4H3,(H,20,22). The van der Waals surface area contributed by atoms with Crippen molar-refractivity contribution in [3.8, 4) is 5.75 Å². The number of methoxy groups -OCH3 is 1. The highest BCUT2D eigenvalue weighted by Crippen LogP contribution is 2.20. The number of benzene rings is 1. The predicted octanol–water partition coefficient (Wildman–Crippen LogP) is 3.07. The van der Waals surface area contributed by atoms with Gasteiger partial charge in [0.25, 0.3) is 0 Å². The Bertz CT molecular complexity index is 497. The van der Waals surface area contributed by atoms with E-state index in [1.54, 1.807) is 7.11 Å². The van der Waals surface area contributed by atoms with Gasteiger partial charge in [0, 0.05) is 18.5 Å². The van der Waals surface area contributed by atoms with Crippen LogP contribution in [0.25, 0.3) is 0 Å². The maximum Gasteiger partial charge on any atom is 0.225 e. The highest BCUT2D eigenvalue weighted by Gasteiger charge is 2.24. The molecule has 0 atom stereocenters. The predicted molar refractivity (Wildman–Crippen MR) is 93.5 cm³/mol. The summed E-state index contributed by atoms with van der Waals surface area (Å²) in [5, 5.41) is 3.10. The number of nitrogens with zero attached hydrogens (tertiary/aromatic N) is 1. The zero-order valence-electron chi connectivity index (χ0n) is 14.9. The molecule has 1 N–H and O–H groups in total. The Labute approximate surface area is 140 Å². The number of hydrogen-bond acceptors (Lipinski definition) is 3. The van der Waals surface area contributed by atoms with E-state index in [2.05, 4.69) is 22.3 Å². The average Bonchev–Trinajstić information content (AvgIpc) is 2.53. The van der Waals surface area contributed by atoms with Crippen LogP contribution in [0.2, 0.25) is 0 Å². The molecule has 4 heteroatoms. The van der Waals surface area contributed by atoms with Gasteiger partial charge in [-0.15, -0.1) is 0 Å². The number of rotatable bonds is 5. The Morgan fingerprint density at radius 3 is 2.35 bits per heavy atom. The monoisotopic (exact) mass is 318 g/mol. The fourth-order valence-corrected chi connectivity index (χ4v) is 2.84. The molecule has 1 aromatic rings. The summed E-state index contributed by atoms with van der Waals surface area (Å²) in [6.45, 7) is 9.88. The van der Waals surface area contributed by atoms with Crippen molar-refractivity contribution < 1.29 is 9.53 Å². The Morgan fingerprint density at radius 1 is 1.22 bits per heavy atom. The van der Waals surface area contributed by atoms with Crippen molar-refractivity contribution in [2.45, 2.75) is 40.2 Å². The number of nitrogens with one attached hydrogen (secondary N) is 1. The summed E-state index contributed by atoms with van der Waals surface area (Å²) in [7, 11) is 1.69. The van der Waals surface area contributed by atoms with Crippen molar-refractivity contribution in [1.82, 2.24) is 10.2 Å². The summed E-state index contributed by atoms with van der Waals surface area (Å²) in [6.07, 6.45) is 2.31. The lowest BCUT2D eigenvalue weighted by atomic mass is 9.93. The minimum atomic E-state index is -0.297. The third kappa shape index (κ3) is 5.54. The van der Waals surface area contributed by atoms with Gasteiger partial charge >= 0.3 is 0 Å². The van der Waals surface area contributed by atoms with E-state index in [1.807, 2.05) is 32.9 Å². The maximum absolute atomic E-state index is 11.9. The molecule has 1 aliphatic rings. The van der Waals surface area contributed by atoms with Crippen LogP contribution in [0.5, 0.6) is 5.75 Å². The minimum Gasteiger partial charge on any atom is -0.497 e. The zero-order chi connectivity index (χ0) is 16.9. The third-order valence-corrected chi connectivity index (χ3v) is 4.50. The number of likely N-dealkylation sites (tertiary alicyclic amines) is 1. The molecule has 0 saturated carbocycles. The number of hydrogen-bond donors (Lipinski definition) is 1. The Balaban J connectivity index is 1.72.